The molecule has 0 saturated heterocycles. The first-order valence-corrected chi connectivity index (χ1v) is 5.51. The maximum atomic E-state index is 13.2. The van der Waals surface area contributed by atoms with Crippen LogP contribution in [0.5, 0.6) is 0 Å². The van der Waals surface area contributed by atoms with Gasteiger partial charge in [0.2, 0.25) is 0 Å². The zero-order chi connectivity index (χ0) is 10.7. The lowest BCUT2D eigenvalue weighted by Gasteiger charge is -2.24. The Morgan fingerprint density at radius 3 is 2.67 bits per heavy atom. The molecule has 1 saturated carbocycles. The molecule has 0 amide bonds. The molecule has 0 aromatic heterocycles. The number of hydrogen-bond donors (Lipinski definition) is 0. The van der Waals surface area contributed by atoms with E-state index < -0.39 is 0 Å². The smallest absolute Gasteiger partial charge is 0.137 e. The lowest BCUT2D eigenvalue weighted by atomic mass is 9.81. The number of benzene rings is 1. The molecule has 1 aliphatic rings. The second-order valence-corrected chi connectivity index (χ2v) is 4.31. The molecule has 0 atom stereocenters. The van der Waals surface area contributed by atoms with Gasteiger partial charge in [-0.1, -0.05) is 37.5 Å². The monoisotopic (exact) mass is 206 g/mol. The van der Waals surface area contributed by atoms with E-state index in [1.54, 1.807) is 18.2 Å². The number of carbonyl (C=O) groups is 1. The van der Waals surface area contributed by atoms with E-state index in [0.717, 1.165) is 0 Å². The Labute approximate surface area is 89.3 Å². The molecule has 0 heterocycles. The van der Waals surface area contributed by atoms with Crippen LogP contribution < -0.4 is 0 Å². The van der Waals surface area contributed by atoms with Gasteiger partial charge in [0.15, 0.2) is 0 Å². The van der Waals surface area contributed by atoms with Crippen LogP contribution in [0.1, 0.15) is 31.2 Å². The summed E-state index contributed by atoms with van der Waals surface area (Å²) in [7, 11) is 0. The van der Waals surface area contributed by atoms with E-state index in [0.29, 0.717) is 17.9 Å². The molecule has 2 heteroatoms. The van der Waals surface area contributed by atoms with Crippen molar-refractivity contribution in [2.75, 3.05) is 0 Å². The molecule has 1 aliphatic carbocycles. The Hall–Kier alpha value is -1.18. The lowest BCUT2D eigenvalue weighted by molar-refractivity contribution is -0.119. The SMILES string of the molecule is O=C(Cc1ccccc1F)CC1CCC1. The summed E-state index contributed by atoms with van der Waals surface area (Å²) < 4.78 is 13.2. The van der Waals surface area contributed by atoms with Crippen LogP contribution in [0.15, 0.2) is 24.3 Å². The van der Waals surface area contributed by atoms with Crippen molar-refractivity contribution in [2.45, 2.75) is 32.1 Å². The predicted octanol–water partition coefficient (Wildman–Crippen LogP) is 3.13. The maximum absolute atomic E-state index is 13.2. The van der Waals surface area contributed by atoms with Crippen LogP contribution in [0.3, 0.4) is 0 Å². The molecule has 0 bridgehead atoms. The second kappa shape index (κ2) is 4.56. The van der Waals surface area contributed by atoms with E-state index >= 15 is 0 Å². The van der Waals surface area contributed by atoms with E-state index in [1.807, 2.05) is 0 Å². The fourth-order valence-electron chi connectivity index (χ4n) is 1.95. The normalized spacial score (nSPS) is 16.1. The summed E-state index contributed by atoms with van der Waals surface area (Å²) in [5.74, 6) is 0.480. The molecule has 0 radical (unpaired) electrons. The number of rotatable bonds is 4. The largest absolute Gasteiger partial charge is 0.299 e. The van der Waals surface area contributed by atoms with Crippen LogP contribution in [0.4, 0.5) is 4.39 Å². The van der Waals surface area contributed by atoms with E-state index in [2.05, 4.69) is 0 Å². The van der Waals surface area contributed by atoms with Crippen molar-refractivity contribution in [1.29, 1.82) is 0 Å². The van der Waals surface area contributed by atoms with Crippen LogP contribution in [0, 0.1) is 11.7 Å². The Morgan fingerprint density at radius 2 is 2.07 bits per heavy atom. The second-order valence-electron chi connectivity index (χ2n) is 4.31. The van der Waals surface area contributed by atoms with Gasteiger partial charge < -0.3 is 0 Å². The summed E-state index contributed by atoms with van der Waals surface area (Å²) in [5.41, 5.74) is 0.529. The fourth-order valence-corrected chi connectivity index (χ4v) is 1.95. The van der Waals surface area contributed by atoms with Crippen molar-refractivity contribution in [3.63, 3.8) is 0 Å². The average molecular weight is 206 g/mol. The van der Waals surface area contributed by atoms with Gasteiger partial charge in [0.25, 0.3) is 0 Å². The third-order valence-electron chi connectivity index (χ3n) is 3.09. The third kappa shape index (κ3) is 2.65. The van der Waals surface area contributed by atoms with Gasteiger partial charge >= 0.3 is 0 Å². The van der Waals surface area contributed by atoms with Gasteiger partial charge in [0.1, 0.15) is 11.6 Å². The number of carbonyl (C=O) groups excluding carboxylic acids is 1. The van der Waals surface area contributed by atoms with Crippen LogP contribution in [0.25, 0.3) is 0 Å². The Morgan fingerprint density at radius 1 is 1.33 bits per heavy atom. The summed E-state index contributed by atoms with van der Waals surface area (Å²) in [6, 6.07) is 6.52. The average Bonchev–Trinajstić information content (AvgIpc) is 2.16. The van der Waals surface area contributed by atoms with Crippen molar-refractivity contribution >= 4 is 5.78 Å². The van der Waals surface area contributed by atoms with E-state index in [4.69, 9.17) is 0 Å². The quantitative estimate of drug-likeness (QED) is 0.739. The Kier molecular flexibility index (Phi) is 3.14. The molecule has 1 fully saturated rings. The van der Waals surface area contributed by atoms with E-state index in [1.165, 1.54) is 25.3 Å². The standard InChI is InChI=1S/C13H15FO/c14-13-7-2-1-6-11(13)9-12(15)8-10-4-3-5-10/h1-2,6-7,10H,3-5,8-9H2. The van der Waals surface area contributed by atoms with Crippen molar-refractivity contribution < 1.29 is 9.18 Å². The predicted molar refractivity (Wildman–Crippen MR) is 57.1 cm³/mol. The summed E-state index contributed by atoms with van der Waals surface area (Å²) in [6.07, 6.45) is 4.47. The molecule has 0 N–H and O–H groups in total. The molecule has 0 aliphatic heterocycles. The Bertz CT molecular complexity index is 355. The molecule has 2 rings (SSSR count). The molecule has 1 aromatic rings. The zero-order valence-electron chi connectivity index (χ0n) is 8.71. The highest BCUT2D eigenvalue weighted by Gasteiger charge is 2.20. The third-order valence-corrected chi connectivity index (χ3v) is 3.09. The first kappa shape index (κ1) is 10.3. The van der Waals surface area contributed by atoms with Gasteiger partial charge in [0.05, 0.1) is 0 Å². The van der Waals surface area contributed by atoms with Crippen molar-refractivity contribution in [3.8, 4) is 0 Å². The maximum Gasteiger partial charge on any atom is 0.137 e. The number of halogens is 1. The first-order chi connectivity index (χ1) is 7.25. The summed E-state index contributed by atoms with van der Waals surface area (Å²) in [6.45, 7) is 0. The van der Waals surface area contributed by atoms with Gasteiger partial charge in [-0.2, -0.15) is 0 Å². The van der Waals surface area contributed by atoms with Gasteiger partial charge in [-0.3, -0.25) is 4.79 Å². The molecule has 15 heavy (non-hydrogen) atoms. The highest BCUT2D eigenvalue weighted by Crippen LogP contribution is 2.29. The highest BCUT2D eigenvalue weighted by atomic mass is 19.1. The minimum atomic E-state index is -0.264. The lowest BCUT2D eigenvalue weighted by Crippen LogP contribution is -2.17. The summed E-state index contributed by atoms with van der Waals surface area (Å²) >= 11 is 0. The number of hydrogen-bond acceptors (Lipinski definition) is 1. The zero-order valence-corrected chi connectivity index (χ0v) is 8.71. The first-order valence-electron chi connectivity index (χ1n) is 5.51. The van der Waals surface area contributed by atoms with Crippen LogP contribution in [-0.4, -0.2) is 5.78 Å². The summed E-state index contributed by atoms with van der Waals surface area (Å²) in [4.78, 5) is 11.6. The molecule has 1 aromatic carbocycles. The van der Waals surface area contributed by atoms with Gasteiger partial charge in [-0.15, -0.1) is 0 Å². The topological polar surface area (TPSA) is 17.1 Å². The molecule has 0 spiro atoms. The van der Waals surface area contributed by atoms with Crippen LogP contribution in [0.2, 0.25) is 0 Å². The van der Waals surface area contributed by atoms with Gasteiger partial charge in [0, 0.05) is 12.8 Å². The van der Waals surface area contributed by atoms with Gasteiger partial charge in [-0.25, -0.2) is 4.39 Å². The van der Waals surface area contributed by atoms with E-state index in [9.17, 15) is 9.18 Å². The fraction of sp³-hybridized carbons (Fsp3) is 0.462. The van der Waals surface area contributed by atoms with Gasteiger partial charge in [-0.05, 0) is 17.5 Å². The molecular formula is C13H15FO. The molecular weight excluding hydrogens is 191 g/mol. The molecule has 0 unspecified atom stereocenters. The number of Topliss-reactive ketones (excluding diaryl/α,β-unsaturated/α-hetero) is 1. The Balaban J connectivity index is 1.90. The molecule has 1 nitrogen and oxygen atoms in total. The van der Waals surface area contributed by atoms with Crippen molar-refractivity contribution in [1.82, 2.24) is 0 Å². The van der Waals surface area contributed by atoms with Crippen molar-refractivity contribution in [2.24, 2.45) is 5.92 Å². The molecule has 80 valence electrons. The minimum Gasteiger partial charge on any atom is -0.299 e. The van der Waals surface area contributed by atoms with Crippen LogP contribution in [-0.2, 0) is 11.2 Å². The minimum absolute atomic E-state index is 0.171. The van der Waals surface area contributed by atoms with Crippen molar-refractivity contribution in [3.05, 3.63) is 35.6 Å². The highest BCUT2D eigenvalue weighted by molar-refractivity contribution is 5.81. The van der Waals surface area contributed by atoms with Crippen LogP contribution >= 0.6 is 0 Å². The number of ketones is 1. The van der Waals surface area contributed by atoms with E-state index in [-0.39, 0.29) is 18.0 Å². The summed E-state index contributed by atoms with van der Waals surface area (Å²) in [5, 5.41) is 0.